The van der Waals surface area contributed by atoms with Crippen molar-refractivity contribution in [2.45, 2.75) is 32.7 Å². The molecule has 23 heavy (non-hydrogen) atoms. The fraction of sp³-hybridized carbons (Fsp3) is 0.263. The summed E-state index contributed by atoms with van der Waals surface area (Å²) >= 11 is 5.41. The van der Waals surface area contributed by atoms with Crippen LogP contribution in [0.5, 0.6) is 0 Å². The molecule has 0 spiro atoms. The van der Waals surface area contributed by atoms with Gasteiger partial charge in [0, 0.05) is 5.69 Å². The van der Waals surface area contributed by atoms with Gasteiger partial charge in [0.2, 0.25) is 0 Å². The zero-order valence-electron chi connectivity index (χ0n) is 13.5. The summed E-state index contributed by atoms with van der Waals surface area (Å²) in [5.74, 6) is 0. The minimum Gasteiger partial charge on any atom is -0.356 e. The SMILES string of the molecule is CC[C@H](NC(=S)Nc1ccc(CC#N)cc1)c1ccc(C)cc1. The van der Waals surface area contributed by atoms with Crippen molar-refractivity contribution in [3.63, 3.8) is 0 Å². The highest BCUT2D eigenvalue weighted by atomic mass is 32.1. The molecule has 0 aliphatic rings. The Hall–Kier alpha value is -2.38. The number of thiocarbonyl (C=S) groups is 1. The van der Waals surface area contributed by atoms with Crippen LogP contribution in [0.25, 0.3) is 0 Å². The van der Waals surface area contributed by atoms with Gasteiger partial charge in [-0.1, -0.05) is 48.9 Å². The molecular weight excluding hydrogens is 302 g/mol. The van der Waals surface area contributed by atoms with Gasteiger partial charge in [0.05, 0.1) is 18.5 Å². The molecule has 0 saturated carbocycles. The second-order valence-electron chi connectivity index (χ2n) is 5.50. The van der Waals surface area contributed by atoms with E-state index in [-0.39, 0.29) is 6.04 Å². The quantitative estimate of drug-likeness (QED) is 0.795. The number of aryl methyl sites for hydroxylation is 1. The Bertz CT molecular complexity index is 684. The maximum atomic E-state index is 8.69. The van der Waals surface area contributed by atoms with Crippen molar-refractivity contribution >= 4 is 23.0 Å². The molecular formula is C19H21N3S. The van der Waals surface area contributed by atoms with Crippen LogP contribution in [0.15, 0.2) is 48.5 Å². The molecule has 0 bridgehead atoms. The van der Waals surface area contributed by atoms with Crippen molar-refractivity contribution in [3.05, 3.63) is 65.2 Å². The van der Waals surface area contributed by atoms with E-state index in [9.17, 15) is 0 Å². The molecule has 0 fully saturated rings. The highest BCUT2D eigenvalue weighted by Gasteiger charge is 2.10. The van der Waals surface area contributed by atoms with Gasteiger partial charge < -0.3 is 10.6 Å². The van der Waals surface area contributed by atoms with E-state index in [4.69, 9.17) is 17.5 Å². The zero-order valence-corrected chi connectivity index (χ0v) is 14.3. The third kappa shape index (κ3) is 5.08. The average molecular weight is 323 g/mol. The van der Waals surface area contributed by atoms with E-state index in [1.807, 2.05) is 24.3 Å². The molecule has 0 amide bonds. The van der Waals surface area contributed by atoms with Crippen LogP contribution >= 0.6 is 12.2 Å². The number of anilines is 1. The molecule has 0 saturated heterocycles. The Morgan fingerprint density at radius 1 is 1.13 bits per heavy atom. The van der Waals surface area contributed by atoms with Crippen LogP contribution in [0.4, 0.5) is 5.69 Å². The van der Waals surface area contributed by atoms with Gasteiger partial charge >= 0.3 is 0 Å². The summed E-state index contributed by atoms with van der Waals surface area (Å²) < 4.78 is 0. The Labute approximate surface area is 143 Å². The fourth-order valence-electron chi connectivity index (χ4n) is 2.34. The number of nitrogens with one attached hydrogen (secondary N) is 2. The normalized spacial score (nSPS) is 11.3. The third-order valence-corrected chi connectivity index (χ3v) is 3.91. The lowest BCUT2D eigenvalue weighted by atomic mass is 10.0. The van der Waals surface area contributed by atoms with E-state index in [1.54, 1.807) is 0 Å². The summed E-state index contributed by atoms with van der Waals surface area (Å²) in [5, 5.41) is 15.8. The first kappa shape index (κ1) is 17.0. The van der Waals surface area contributed by atoms with Crippen LogP contribution in [0, 0.1) is 18.3 Å². The molecule has 2 aromatic rings. The largest absolute Gasteiger partial charge is 0.356 e. The molecule has 0 aliphatic heterocycles. The molecule has 0 radical (unpaired) electrons. The maximum absolute atomic E-state index is 8.69. The molecule has 2 rings (SSSR count). The molecule has 4 heteroatoms. The highest BCUT2D eigenvalue weighted by Crippen LogP contribution is 2.18. The van der Waals surface area contributed by atoms with Gasteiger partial charge in [0.15, 0.2) is 5.11 Å². The molecule has 2 N–H and O–H groups in total. The fourth-order valence-corrected chi connectivity index (χ4v) is 2.60. The van der Waals surface area contributed by atoms with E-state index in [2.05, 4.69) is 54.8 Å². The van der Waals surface area contributed by atoms with Crippen LogP contribution in [0.1, 0.15) is 36.1 Å². The molecule has 3 nitrogen and oxygen atoms in total. The molecule has 118 valence electrons. The first-order valence-corrected chi connectivity index (χ1v) is 8.13. The van der Waals surface area contributed by atoms with Gasteiger partial charge in [-0.2, -0.15) is 5.26 Å². The van der Waals surface area contributed by atoms with Gasteiger partial charge in [0.1, 0.15) is 0 Å². The van der Waals surface area contributed by atoms with Gasteiger partial charge in [0.25, 0.3) is 0 Å². The Balaban J connectivity index is 1.97. The first-order chi connectivity index (χ1) is 11.1. The van der Waals surface area contributed by atoms with E-state index in [0.29, 0.717) is 11.5 Å². The number of nitrogens with zero attached hydrogens (tertiary/aromatic N) is 1. The van der Waals surface area contributed by atoms with E-state index < -0.39 is 0 Å². The number of benzene rings is 2. The summed E-state index contributed by atoms with van der Waals surface area (Å²) in [6.45, 7) is 4.22. The Kier molecular flexibility index (Phi) is 6.13. The van der Waals surface area contributed by atoms with Crippen molar-refractivity contribution in [1.82, 2.24) is 5.32 Å². The highest BCUT2D eigenvalue weighted by molar-refractivity contribution is 7.80. The Morgan fingerprint density at radius 2 is 1.78 bits per heavy atom. The summed E-state index contributed by atoms with van der Waals surface area (Å²) in [6.07, 6.45) is 1.38. The van der Waals surface area contributed by atoms with E-state index >= 15 is 0 Å². The van der Waals surface area contributed by atoms with Gasteiger partial charge in [-0.25, -0.2) is 0 Å². The molecule has 0 aliphatic carbocycles. The van der Waals surface area contributed by atoms with E-state index in [1.165, 1.54) is 11.1 Å². The van der Waals surface area contributed by atoms with Crippen LogP contribution in [-0.2, 0) is 6.42 Å². The molecule has 2 aromatic carbocycles. The third-order valence-electron chi connectivity index (χ3n) is 3.69. The first-order valence-electron chi connectivity index (χ1n) is 7.72. The maximum Gasteiger partial charge on any atom is 0.171 e. The predicted octanol–water partition coefficient (Wildman–Crippen LogP) is 4.50. The van der Waals surface area contributed by atoms with Crippen molar-refractivity contribution in [1.29, 1.82) is 5.26 Å². The predicted molar refractivity (Wildman–Crippen MR) is 99.3 cm³/mol. The molecule has 0 heterocycles. The van der Waals surface area contributed by atoms with Gasteiger partial charge in [-0.05, 0) is 48.8 Å². The van der Waals surface area contributed by atoms with Gasteiger partial charge in [-0.3, -0.25) is 0 Å². The van der Waals surface area contributed by atoms with Crippen LogP contribution in [0.2, 0.25) is 0 Å². The van der Waals surface area contributed by atoms with Crippen LogP contribution in [0.3, 0.4) is 0 Å². The van der Waals surface area contributed by atoms with Crippen molar-refractivity contribution in [3.8, 4) is 6.07 Å². The number of nitriles is 1. The monoisotopic (exact) mass is 323 g/mol. The number of hydrogen-bond acceptors (Lipinski definition) is 2. The van der Waals surface area contributed by atoms with Crippen molar-refractivity contribution in [2.75, 3.05) is 5.32 Å². The average Bonchev–Trinajstić information content (AvgIpc) is 2.56. The smallest absolute Gasteiger partial charge is 0.171 e. The zero-order chi connectivity index (χ0) is 16.7. The molecule has 1 atom stereocenters. The van der Waals surface area contributed by atoms with E-state index in [0.717, 1.165) is 17.7 Å². The minimum absolute atomic E-state index is 0.188. The second-order valence-corrected chi connectivity index (χ2v) is 5.91. The molecule has 0 aromatic heterocycles. The van der Waals surface area contributed by atoms with Crippen LogP contribution in [-0.4, -0.2) is 5.11 Å². The van der Waals surface area contributed by atoms with Crippen molar-refractivity contribution < 1.29 is 0 Å². The molecule has 0 unspecified atom stereocenters. The lowest BCUT2D eigenvalue weighted by molar-refractivity contribution is 0.629. The summed E-state index contributed by atoms with van der Waals surface area (Å²) in [6, 6.07) is 18.6. The topological polar surface area (TPSA) is 47.8 Å². The standard InChI is InChI=1S/C19H21N3S/c1-3-18(16-8-4-14(2)5-9-16)22-19(23)21-17-10-6-15(7-11-17)12-13-20/h4-11,18H,3,12H2,1-2H3,(H2,21,22,23)/t18-/m0/s1. The Morgan fingerprint density at radius 3 is 2.35 bits per heavy atom. The summed E-state index contributed by atoms with van der Waals surface area (Å²) in [7, 11) is 0. The van der Waals surface area contributed by atoms with Crippen LogP contribution < -0.4 is 10.6 Å². The second kappa shape index (κ2) is 8.30. The lowest BCUT2D eigenvalue weighted by Gasteiger charge is -2.20. The number of hydrogen-bond donors (Lipinski definition) is 2. The summed E-state index contributed by atoms with van der Waals surface area (Å²) in [5.41, 5.74) is 4.40. The lowest BCUT2D eigenvalue weighted by Crippen LogP contribution is -2.32. The van der Waals surface area contributed by atoms with Gasteiger partial charge in [-0.15, -0.1) is 0 Å². The van der Waals surface area contributed by atoms with Crippen molar-refractivity contribution in [2.24, 2.45) is 0 Å². The number of rotatable bonds is 5. The minimum atomic E-state index is 0.188. The summed E-state index contributed by atoms with van der Waals surface area (Å²) in [4.78, 5) is 0.